The number of nitrogens with zero attached hydrogens (tertiary/aromatic N) is 1. The zero-order chi connectivity index (χ0) is 13.3. The maximum atomic E-state index is 12.2. The molecule has 1 heterocycles. The van der Waals surface area contributed by atoms with E-state index < -0.39 is 0 Å². The molecule has 3 heteroatoms. The molecule has 0 unspecified atom stereocenters. The summed E-state index contributed by atoms with van der Waals surface area (Å²) in [6.07, 6.45) is 7.12. The van der Waals surface area contributed by atoms with Crippen molar-refractivity contribution >= 4 is 11.8 Å². The molecular formula is C15H21NO2. The fourth-order valence-electron chi connectivity index (χ4n) is 3.09. The number of allylic oxidation sites excluding steroid dienone is 1. The van der Waals surface area contributed by atoms with Crippen LogP contribution in [0.5, 0.6) is 0 Å². The first kappa shape index (κ1) is 13.1. The van der Waals surface area contributed by atoms with Crippen LogP contribution >= 0.6 is 0 Å². The summed E-state index contributed by atoms with van der Waals surface area (Å²) in [7, 11) is 0. The van der Waals surface area contributed by atoms with Gasteiger partial charge in [0, 0.05) is 17.2 Å². The first-order valence-corrected chi connectivity index (χ1v) is 6.74. The zero-order valence-electron chi connectivity index (χ0n) is 11.2. The number of rotatable bonds is 3. The van der Waals surface area contributed by atoms with Crippen molar-refractivity contribution in [2.75, 3.05) is 0 Å². The Kier molecular flexibility index (Phi) is 3.69. The monoisotopic (exact) mass is 247 g/mol. The Morgan fingerprint density at radius 1 is 1.17 bits per heavy atom. The van der Waals surface area contributed by atoms with Gasteiger partial charge < -0.3 is 0 Å². The largest absolute Gasteiger partial charge is 0.272 e. The van der Waals surface area contributed by atoms with Gasteiger partial charge in [0.2, 0.25) is 0 Å². The van der Waals surface area contributed by atoms with Crippen LogP contribution in [0.4, 0.5) is 0 Å². The van der Waals surface area contributed by atoms with Crippen molar-refractivity contribution in [2.45, 2.75) is 52.0 Å². The molecule has 3 nitrogen and oxygen atoms in total. The van der Waals surface area contributed by atoms with Gasteiger partial charge in [0.05, 0.1) is 0 Å². The minimum absolute atomic E-state index is 0.0733. The van der Waals surface area contributed by atoms with Gasteiger partial charge in [0.15, 0.2) is 0 Å². The molecule has 0 radical (unpaired) electrons. The van der Waals surface area contributed by atoms with Crippen molar-refractivity contribution in [3.8, 4) is 0 Å². The number of hydrogen-bond donors (Lipinski definition) is 0. The van der Waals surface area contributed by atoms with Crippen LogP contribution in [-0.4, -0.2) is 22.8 Å². The molecule has 2 rings (SSSR count). The van der Waals surface area contributed by atoms with Crippen molar-refractivity contribution in [1.29, 1.82) is 0 Å². The van der Waals surface area contributed by atoms with Crippen LogP contribution in [0.3, 0.4) is 0 Å². The Labute approximate surface area is 109 Å². The van der Waals surface area contributed by atoms with Gasteiger partial charge in [0.25, 0.3) is 11.8 Å². The summed E-state index contributed by atoms with van der Waals surface area (Å²) in [5, 5.41) is 0. The Hall–Kier alpha value is -1.38. The lowest BCUT2D eigenvalue weighted by Gasteiger charge is -2.36. The smallest absolute Gasteiger partial charge is 0.257 e. The summed E-state index contributed by atoms with van der Waals surface area (Å²) >= 11 is 0. The highest BCUT2D eigenvalue weighted by Crippen LogP contribution is 2.35. The Bertz CT molecular complexity index is 398. The van der Waals surface area contributed by atoms with Crippen LogP contribution in [0.15, 0.2) is 23.8 Å². The van der Waals surface area contributed by atoms with E-state index in [0.29, 0.717) is 17.1 Å². The first-order chi connectivity index (χ1) is 8.57. The summed E-state index contributed by atoms with van der Waals surface area (Å²) < 4.78 is 0. The van der Waals surface area contributed by atoms with Crippen molar-refractivity contribution in [3.63, 3.8) is 0 Å². The molecule has 98 valence electrons. The molecule has 18 heavy (non-hydrogen) atoms. The maximum Gasteiger partial charge on any atom is 0.257 e. The molecule has 1 saturated carbocycles. The standard InChI is InChI=1S/C15H21NO2/c1-4-7-12-8-5-6-9-13(12)16-14(17)10(2)11(3)15(16)18/h4,12-13H,1,5-9H2,2-3H3/t12-,13+/m0/s1. The van der Waals surface area contributed by atoms with E-state index >= 15 is 0 Å². The molecule has 0 bridgehead atoms. The second-order valence-electron chi connectivity index (χ2n) is 5.37. The first-order valence-electron chi connectivity index (χ1n) is 6.74. The predicted octanol–water partition coefficient (Wildman–Crippen LogP) is 2.83. The minimum Gasteiger partial charge on any atom is -0.272 e. The summed E-state index contributed by atoms with van der Waals surface area (Å²) in [6, 6.07) is 0.0733. The van der Waals surface area contributed by atoms with Gasteiger partial charge >= 0.3 is 0 Å². The predicted molar refractivity (Wildman–Crippen MR) is 70.8 cm³/mol. The highest BCUT2D eigenvalue weighted by Gasteiger charge is 2.41. The highest BCUT2D eigenvalue weighted by molar-refractivity contribution is 6.19. The van der Waals surface area contributed by atoms with Crippen LogP contribution in [0.25, 0.3) is 0 Å². The number of carbonyl (C=O) groups is 2. The molecule has 1 fully saturated rings. The molecule has 2 aliphatic rings. The average molecular weight is 247 g/mol. The molecule has 0 spiro atoms. The van der Waals surface area contributed by atoms with E-state index in [0.717, 1.165) is 25.7 Å². The average Bonchev–Trinajstić information content (AvgIpc) is 2.56. The molecule has 1 aliphatic heterocycles. The third-order valence-electron chi connectivity index (χ3n) is 4.31. The molecule has 0 aromatic carbocycles. The lowest BCUT2D eigenvalue weighted by atomic mass is 9.81. The Morgan fingerprint density at radius 2 is 1.72 bits per heavy atom. The number of imide groups is 1. The molecule has 0 aromatic rings. The molecule has 1 aliphatic carbocycles. The number of amides is 2. The lowest BCUT2D eigenvalue weighted by molar-refractivity contribution is -0.142. The van der Waals surface area contributed by atoms with Crippen molar-refractivity contribution < 1.29 is 9.59 Å². The molecule has 0 N–H and O–H groups in total. The third kappa shape index (κ3) is 2.02. The van der Waals surface area contributed by atoms with Gasteiger partial charge in [0.1, 0.15) is 0 Å². The van der Waals surface area contributed by atoms with Gasteiger partial charge in [-0.05, 0) is 39.0 Å². The number of carbonyl (C=O) groups excluding carboxylic acids is 2. The zero-order valence-corrected chi connectivity index (χ0v) is 11.2. The van der Waals surface area contributed by atoms with Gasteiger partial charge in [-0.2, -0.15) is 0 Å². The van der Waals surface area contributed by atoms with E-state index in [1.807, 2.05) is 6.08 Å². The van der Waals surface area contributed by atoms with Crippen LogP contribution in [0, 0.1) is 5.92 Å². The van der Waals surface area contributed by atoms with Crippen LogP contribution in [-0.2, 0) is 9.59 Å². The van der Waals surface area contributed by atoms with E-state index in [-0.39, 0.29) is 17.9 Å². The van der Waals surface area contributed by atoms with Crippen molar-refractivity contribution in [3.05, 3.63) is 23.8 Å². The third-order valence-corrected chi connectivity index (χ3v) is 4.31. The lowest BCUT2D eigenvalue weighted by Crippen LogP contribution is -2.46. The highest BCUT2D eigenvalue weighted by atomic mass is 16.2. The molecular weight excluding hydrogens is 226 g/mol. The van der Waals surface area contributed by atoms with E-state index in [1.54, 1.807) is 13.8 Å². The molecule has 2 amide bonds. The molecule has 2 atom stereocenters. The molecule has 0 aromatic heterocycles. The van der Waals surface area contributed by atoms with E-state index in [4.69, 9.17) is 0 Å². The van der Waals surface area contributed by atoms with Gasteiger partial charge in [-0.3, -0.25) is 14.5 Å². The summed E-state index contributed by atoms with van der Waals surface area (Å²) in [5.74, 6) is 0.222. The second-order valence-corrected chi connectivity index (χ2v) is 5.37. The van der Waals surface area contributed by atoms with Gasteiger partial charge in [-0.25, -0.2) is 0 Å². The van der Waals surface area contributed by atoms with E-state index in [2.05, 4.69) is 6.58 Å². The van der Waals surface area contributed by atoms with E-state index in [1.165, 1.54) is 11.3 Å². The summed E-state index contributed by atoms with van der Waals surface area (Å²) in [5.41, 5.74) is 1.23. The summed E-state index contributed by atoms with van der Waals surface area (Å²) in [6.45, 7) is 7.29. The fourth-order valence-corrected chi connectivity index (χ4v) is 3.09. The van der Waals surface area contributed by atoms with Crippen LogP contribution in [0.2, 0.25) is 0 Å². The fraction of sp³-hybridized carbons (Fsp3) is 0.600. The van der Waals surface area contributed by atoms with Crippen molar-refractivity contribution in [1.82, 2.24) is 4.90 Å². The van der Waals surface area contributed by atoms with E-state index in [9.17, 15) is 9.59 Å². The Balaban J connectivity index is 2.23. The number of hydrogen-bond acceptors (Lipinski definition) is 2. The summed E-state index contributed by atoms with van der Waals surface area (Å²) in [4.78, 5) is 25.9. The second kappa shape index (κ2) is 5.09. The van der Waals surface area contributed by atoms with Gasteiger partial charge in [-0.1, -0.05) is 18.9 Å². The SMILES string of the molecule is C=CC[C@H]1CCCC[C@H]1N1C(=O)C(C)=C(C)C1=O. The minimum atomic E-state index is -0.0848. The quantitative estimate of drug-likeness (QED) is 0.568. The Morgan fingerprint density at radius 3 is 2.28 bits per heavy atom. The normalized spacial score (nSPS) is 29.1. The maximum absolute atomic E-state index is 12.2. The topological polar surface area (TPSA) is 37.4 Å². The molecule has 0 saturated heterocycles. The van der Waals surface area contributed by atoms with Crippen LogP contribution < -0.4 is 0 Å². The van der Waals surface area contributed by atoms with Crippen molar-refractivity contribution in [2.24, 2.45) is 5.92 Å². The van der Waals surface area contributed by atoms with Crippen LogP contribution in [0.1, 0.15) is 46.0 Å². The van der Waals surface area contributed by atoms with Gasteiger partial charge in [-0.15, -0.1) is 6.58 Å².